The van der Waals surface area contributed by atoms with E-state index in [4.69, 9.17) is 9.16 Å². The zero-order valence-electron chi connectivity index (χ0n) is 16.1. The van der Waals surface area contributed by atoms with E-state index in [1.165, 1.54) is 0 Å². The Morgan fingerprint density at radius 2 is 1.75 bits per heavy atom. The van der Waals surface area contributed by atoms with Crippen LogP contribution >= 0.6 is 15.9 Å². The fraction of sp³-hybridized carbons (Fsp3) is 0.882. The lowest BCUT2D eigenvalue weighted by atomic mass is 10.2. The lowest BCUT2D eigenvalue weighted by Crippen LogP contribution is -2.44. The van der Waals surface area contributed by atoms with Crippen molar-refractivity contribution < 1.29 is 18.8 Å². The van der Waals surface area contributed by atoms with Gasteiger partial charge in [-0.3, -0.25) is 9.59 Å². The molecule has 0 aromatic carbocycles. The Balaban J connectivity index is 4.39. The fourth-order valence-corrected chi connectivity index (χ4v) is 3.09. The summed E-state index contributed by atoms with van der Waals surface area (Å²) in [6.45, 7) is 14.8. The molecule has 0 saturated carbocycles. The predicted molar refractivity (Wildman–Crippen MR) is 104 cm³/mol. The third kappa shape index (κ3) is 9.18. The number of hydrogen-bond acceptors (Lipinski definition) is 4. The van der Waals surface area contributed by atoms with Crippen LogP contribution in [0.4, 0.5) is 0 Å². The first kappa shape index (κ1) is 23.6. The Kier molecular flexibility index (Phi) is 11.1. The minimum absolute atomic E-state index is 0.0322. The number of rotatable bonds is 11. The van der Waals surface area contributed by atoms with E-state index in [-0.39, 0.29) is 28.7 Å². The Morgan fingerprint density at radius 3 is 2.25 bits per heavy atom. The summed E-state index contributed by atoms with van der Waals surface area (Å²) >= 11 is 3.20. The molecule has 0 saturated heterocycles. The van der Waals surface area contributed by atoms with E-state index >= 15 is 0 Å². The number of unbranched alkanes of at least 4 members (excludes halogenated alkanes) is 1. The monoisotopic (exact) mass is 423 g/mol. The van der Waals surface area contributed by atoms with E-state index in [2.05, 4.69) is 49.8 Å². The van der Waals surface area contributed by atoms with E-state index < -0.39 is 8.32 Å². The summed E-state index contributed by atoms with van der Waals surface area (Å²) in [4.78, 5) is 25.4. The van der Waals surface area contributed by atoms with Crippen LogP contribution in [0.25, 0.3) is 0 Å². The molecule has 0 atom stereocenters. The van der Waals surface area contributed by atoms with Gasteiger partial charge in [-0.15, -0.1) is 0 Å². The van der Waals surface area contributed by atoms with Crippen molar-refractivity contribution in [2.45, 2.75) is 65.1 Å². The van der Waals surface area contributed by atoms with Crippen molar-refractivity contribution in [3.05, 3.63) is 0 Å². The molecule has 0 bridgehead atoms. The molecule has 0 spiro atoms. The average Bonchev–Trinajstić information content (AvgIpc) is 2.48. The first-order valence-corrected chi connectivity index (χ1v) is 12.7. The predicted octanol–water partition coefficient (Wildman–Crippen LogP) is 3.97. The number of nitrogens with zero attached hydrogens (tertiary/aromatic N) is 1. The van der Waals surface area contributed by atoms with Crippen LogP contribution in [0.2, 0.25) is 18.1 Å². The zero-order chi connectivity index (χ0) is 18.8. The van der Waals surface area contributed by atoms with Crippen LogP contribution in [0.1, 0.15) is 47.0 Å². The highest BCUT2D eigenvalue weighted by molar-refractivity contribution is 9.09. The van der Waals surface area contributed by atoms with Crippen molar-refractivity contribution in [2.75, 3.05) is 31.6 Å². The van der Waals surface area contributed by atoms with E-state index in [9.17, 15) is 9.59 Å². The van der Waals surface area contributed by atoms with Gasteiger partial charge in [-0.2, -0.15) is 0 Å². The Hall–Kier alpha value is -0.403. The Bertz CT molecular complexity index is 397. The van der Waals surface area contributed by atoms with Crippen LogP contribution in [0.15, 0.2) is 0 Å². The summed E-state index contributed by atoms with van der Waals surface area (Å²) in [5.74, 6) is -0.281. The van der Waals surface area contributed by atoms with E-state index in [1.54, 1.807) is 4.90 Å². The van der Waals surface area contributed by atoms with Crippen LogP contribution < -0.4 is 0 Å². The Morgan fingerprint density at radius 1 is 1.12 bits per heavy atom. The molecule has 0 aliphatic heterocycles. The van der Waals surface area contributed by atoms with Crippen molar-refractivity contribution in [3.63, 3.8) is 0 Å². The molecule has 0 heterocycles. The van der Waals surface area contributed by atoms with E-state index in [0.717, 1.165) is 12.8 Å². The summed E-state index contributed by atoms with van der Waals surface area (Å²) in [6.07, 6.45) is 2.09. The highest BCUT2D eigenvalue weighted by Crippen LogP contribution is 2.36. The number of esters is 1. The van der Waals surface area contributed by atoms with Gasteiger partial charge >= 0.3 is 5.97 Å². The largest absolute Gasteiger partial charge is 0.466 e. The summed E-state index contributed by atoms with van der Waals surface area (Å²) in [7, 11) is -1.82. The normalized spacial score (nSPS) is 12.1. The SMILES string of the molecule is CCCCOC(=O)CCN(CCO[Si](C)(C)C(C)(C)C)C(=O)CBr. The second-order valence-corrected chi connectivity index (χ2v) is 12.8. The van der Waals surface area contributed by atoms with Gasteiger partial charge in [0.05, 0.1) is 25.0 Å². The lowest BCUT2D eigenvalue weighted by Gasteiger charge is -2.36. The molecule has 0 radical (unpaired) electrons. The molecule has 0 fully saturated rings. The first-order chi connectivity index (χ1) is 11.0. The minimum atomic E-state index is -1.82. The maximum absolute atomic E-state index is 12.0. The molecule has 0 unspecified atom stereocenters. The van der Waals surface area contributed by atoms with Gasteiger partial charge in [-0.25, -0.2) is 0 Å². The van der Waals surface area contributed by atoms with Gasteiger partial charge in [0.25, 0.3) is 0 Å². The number of halogens is 1. The van der Waals surface area contributed by atoms with Crippen LogP contribution in [0, 0.1) is 0 Å². The molecule has 0 aliphatic carbocycles. The van der Waals surface area contributed by atoms with Gasteiger partial charge in [0, 0.05) is 13.1 Å². The standard InChI is InChI=1S/C17H34BrNO4Si/c1-7-8-12-22-16(21)9-10-19(15(20)14-18)11-13-23-24(5,6)17(2,3)4/h7-14H2,1-6H3. The van der Waals surface area contributed by atoms with Crippen LogP contribution in [0.5, 0.6) is 0 Å². The second kappa shape index (κ2) is 11.3. The molecule has 0 rings (SSSR count). The third-order valence-electron chi connectivity index (χ3n) is 4.44. The molecular weight excluding hydrogens is 390 g/mol. The van der Waals surface area contributed by atoms with Gasteiger partial charge in [0.15, 0.2) is 8.32 Å². The van der Waals surface area contributed by atoms with Crippen LogP contribution in [-0.2, 0) is 18.8 Å². The van der Waals surface area contributed by atoms with Gasteiger partial charge in [-0.1, -0.05) is 50.0 Å². The minimum Gasteiger partial charge on any atom is -0.466 e. The highest BCUT2D eigenvalue weighted by atomic mass is 79.9. The van der Waals surface area contributed by atoms with E-state index in [1.807, 2.05) is 6.92 Å². The van der Waals surface area contributed by atoms with E-state index in [0.29, 0.717) is 26.3 Å². The van der Waals surface area contributed by atoms with Crippen molar-refractivity contribution in [2.24, 2.45) is 0 Å². The second-order valence-electron chi connectivity index (χ2n) is 7.45. The quantitative estimate of drug-likeness (QED) is 0.218. The topological polar surface area (TPSA) is 55.8 Å². The van der Waals surface area contributed by atoms with Crippen molar-refractivity contribution >= 4 is 36.1 Å². The molecular formula is C17H34BrNO4Si. The van der Waals surface area contributed by atoms with Crippen molar-refractivity contribution in [3.8, 4) is 0 Å². The van der Waals surface area contributed by atoms with Gasteiger partial charge in [-0.05, 0) is 24.6 Å². The van der Waals surface area contributed by atoms with Crippen LogP contribution in [0.3, 0.4) is 0 Å². The van der Waals surface area contributed by atoms with Gasteiger partial charge in [0.1, 0.15) is 0 Å². The molecule has 5 nitrogen and oxygen atoms in total. The number of carbonyl (C=O) groups excluding carboxylic acids is 2. The smallest absolute Gasteiger partial charge is 0.307 e. The molecule has 1 amide bonds. The number of amides is 1. The molecule has 142 valence electrons. The summed E-state index contributed by atoms with van der Waals surface area (Å²) in [6, 6.07) is 0. The maximum Gasteiger partial charge on any atom is 0.307 e. The Labute approximate surface area is 156 Å². The molecule has 0 aromatic heterocycles. The first-order valence-electron chi connectivity index (χ1n) is 8.68. The summed E-state index contributed by atoms with van der Waals surface area (Å²) in [5, 5.41) is 0.387. The number of carbonyl (C=O) groups is 2. The number of alkyl halides is 1. The zero-order valence-corrected chi connectivity index (χ0v) is 18.7. The number of ether oxygens (including phenoxy) is 1. The van der Waals surface area contributed by atoms with Crippen molar-refractivity contribution in [1.29, 1.82) is 0 Å². The average molecular weight is 424 g/mol. The summed E-state index contributed by atoms with van der Waals surface area (Å²) < 4.78 is 11.3. The van der Waals surface area contributed by atoms with Gasteiger partial charge in [0.2, 0.25) is 5.91 Å². The van der Waals surface area contributed by atoms with Crippen LogP contribution in [-0.4, -0.2) is 56.7 Å². The maximum atomic E-state index is 12.0. The fourth-order valence-electron chi connectivity index (χ4n) is 1.70. The lowest BCUT2D eigenvalue weighted by molar-refractivity contribution is -0.144. The van der Waals surface area contributed by atoms with Crippen molar-refractivity contribution in [1.82, 2.24) is 4.90 Å². The molecule has 0 aliphatic rings. The molecule has 0 aromatic rings. The molecule has 0 N–H and O–H groups in total. The van der Waals surface area contributed by atoms with Gasteiger partial charge < -0.3 is 14.1 Å². The molecule has 7 heteroatoms. The highest BCUT2D eigenvalue weighted by Gasteiger charge is 2.37. The summed E-state index contributed by atoms with van der Waals surface area (Å²) in [5.41, 5.74) is 0. The molecule has 24 heavy (non-hydrogen) atoms. The number of hydrogen-bond donors (Lipinski definition) is 0. The third-order valence-corrected chi connectivity index (χ3v) is 9.46.